The number of ether oxygens (including phenoxy) is 6. The molecular formula is C74H108N14O24S. The number of nitrogens with two attached hydrogens (primary N) is 1. The van der Waals surface area contributed by atoms with Crippen LogP contribution in [0.4, 0.5) is 0 Å². The first-order valence-corrected chi connectivity index (χ1v) is 38.4. The number of carboxylic acids is 4. The predicted octanol–water partition coefficient (Wildman–Crippen LogP) is -3.26. The minimum Gasteiger partial charge on any atom is -0.508 e. The molecule has 624 valence electrons. The number of fused-ring (bicyclic) bond motifs is 1. The fourth-order valence-corrected chi connectivity index (χ4v) is 11.9. The molecule has 1 aliphatic rings. The Balaban J connectivity index is 0.975. The van der Waals surface area contributed by atoms with Gasteiger partial charge in [-0.25, -0.2) is 0 Å². The summed E-state index contributed by atoms with van der Waals surface area (Å²) in [5.74, 6) is -11.4. The largest absolute Gasteiger partial charge is 0.508 e. The maximum atomic E-state index is 14.5. The summed E-state index contributed by atoms with van der Waals surface area (Å²) in [4.78, 5) is 179. The fraction of sp³-hybridized carbons (Fsp3) is 0.554. The van der Waals surface area contributed by atoms with Crippen molar-refractivity contribution < 1.29 is 116 Å². The summed E-state index contributed by atoms with van der Waals surface area (Å²) in [7, 11) is 0. The van der Waals surface area contributed by atoms with E-state index in [0.717, 1.165) is 0 Å². The lowest BCUT2D eigenvalue weighted by molar-refractivity contribution is -0.141. The number of phenolic OH excluding ortho intramolecular Hbond substituents is 1. The van der Waals surface area contributed by atoms with E-state index in [2.05, 4.69) is 47.5 Å². The number of nitrogens with one attached hydrogen (secondary N) is 9. The van der Waals surface area contributed by atoms with Crippen LogP contribution in [0.25, 0.3) is 10.9 Å². The maximum absolute atomic E-state index is 14.5. The SMILES string of the molecule is CSCC[C@H](NC(=O)[C@H](Cc1c[nH]c2ccccc12)NC(=O)CNC(=O)[C@H](Cc1ccc(O)cc1)NC(=O)[C@H](C)NC(=O)CCOCCOCCOCCOCCOCCOCCNC(=O)CN1CCN(CC(=O)O)CCN(CC(=O)O)CCN(CC(=O)O)CC1)C(=O)N[C@@H](CC(=O)O)C(=O)N[C@@H](Cc1ccccc1)C(N)=O. The van der Waals surface area contributed by atoms with Crippen molar-refractivity contribution in [3.8, 4) is 5.75 Å². The van der Waals surface area contributed by atoms with Crippen molar-refractivity contribution in [2.75, 3.05) is 183 Å². The van der Waals surface area contributed by atoms with Gasteiger partial charge in [0.05, 0.1) is 118 Å². The third kappa shape index (κ3) is 39.4. The molecule has 1 aromatic heterocycles. The highest BCUT2D eigenvalue weighted by molar-refractivity contribution is 7.98. The van der Waals surface area contributed by atoms with Crippen molar-refractivity contribution in [2.24, 2.45) is 5.73 Å². The number of hydrogen-bond acceptors (Lipinski definition) is 25. The quantitative estimate of drug-likeness (QED) is 0.0193. The van der Waals surface area contributed by atoms with E-state index in [-0.39, 0.29) is 169 Å². The highest BCUT2D eigenvalue weighted by atomic mass is 32.2. The minimum atomic E-state index is -1.73. The monoisotopic (exact) mass is 1610 g/mol. The first kappa shape index (κ1) is 93.7. The van der Waals surface area contributed by atoms with Gasteiger partial charge in [-0.3, -0.25) is 81.9 Å². The van der Waals surface area contributed by atoms with E-state index in [1.54, 1.807) is 81.7 Å². The van der Waals surface area contributed by atoms with E-state index in [9.17, 15) is 87.9 Å². The lowest BCUT2D eigenvalue weighted by Crippen LogP contribution is -2.59. The Kier molecular flexibility index (Phi) is 44.0. The molecule has 1 saturated heterocycles. The van der Waals surface area contributed by atoms with Crippen LogP contribution in [0.3, 0.4) is 0 Å². The van der Waals surface area contributed by atoms with Gasteiger partial charge in [0, 0.05) is 102 Å². The molecule has 0 radical (unpaired) electrons. The number of benzene rings is 3. The van der Waals surface area contributed by atoms with Crippen LogP contribution in [0.1, 0.15) is 42.9 Å². The number of hydrogen-bond donors (Lipinski definition) is 15. The topological polar surface area (TPSA) is 529 Å². The molecule has 2 heterocycles. The molecule has 3 aromatic carbocycles. The van der Waals surface area contributed by atoms with Crippen LogP contribution in [0.2, 0.25) is 0 Å². The zero-order valence-corrected chi connectivity index (χ0v) is 64.5. The molecule has 39 heteroatoms. The normalized spacial score (nSPS) is 14.9. The summed E-state index contributed by atoms with van der Waals surface area (Å²) < 4.78 is 33.3. The van der Waals surface area contributed by atoms with Gasteiger partial charge in [0.15, 0.2) is 0 Å². The first-order chi connectivity index (χ1) is 54.2. The molecular weight excluding hydrogens is 1500 g/mol. The predicted molar refractivity (Wildman–Crippen MR) is 410 cm³/mol. The number of phenols is 1. The van der Waals surface area contributed by atoms with Gasteiger partial charge in [0.2, 0.25) is 53.2 Å². The number of thioether (sulfide) groups is 1. The molecule has 0 spiro atoms. The summed E-state index contributed by atoms with van der Waals surface area (Å²) in [6, 6.07) is 13.2. The summed E-state index contributed by atoms with van der Waals surface area (Å²) in [5, 5.41) is 69.4. The van der Waals surface area contributed by atoms with Crippen LogP contribution < -0.4 is 48.3 Å². The molecule has 4 aromatic rings. The number of carbonyl (C=O) groups is 13. The zero-order valence-electron chi connectivity index (χ0n) is 63.6. The standard InChI is InChI=1S/C74H108N14O24S/c1-50(79-62(90)16-27-107-29-31-109-33-35-111-37-38-112-36-34-110-32-30-108-28-18-76-64(92)46-85-19-21-86(47-66(95)96)23-25-88(49-68(99)100)26-24-87(22-20-85)48-67(97)98)70(102)83-59(41-52-12-14-54(89)15-13-52)71(103)78-45-63(91)80-60(42-53-44-77-56-11-7-6-10-55(53)56)73(105)81-57(17-39-113-2)72(104)84-61(43-65(93)94)74(106)82-58(69(75)101)40-51-8-4-3-5-9-51/h3-15,44,50,57-61,77,89H,16-43,45-49H2,1-2H3,(H2,75,101)(H,76,92)(H,78,103)(H,79,90)(H,80,91)(H,81,105)(H,82,106)(H,83,102)(H,84,104)(H,93,94)(H,95,96)(H,97,98)(H,99,100)/t50-,57-,58-,59-,60-,61-/m0/s1. The van der Waals surface area contributed by atoms with E-state index in [0.29, 0.717) is 72.9 Å². The van der Waals surface area contributed by atoms with Gasteiger partial charge in [0.1, 0.15) is 42.0 Å². The number of aliphatic carboxylic acids is 4. The summed E-state index contributed by atoms with van der Waals surface area (Å²) in [6.07, 6.45) is 1.99. The zero-order chi connectivity index (χ0) is 82.3. The molecule has 6 atom stereocenters. The molecule has 9 amide bonds. The Bertz CT molecular complexity index is 3630. The van der Waals surface area contributed by atoms with Crippen LogP contribution >= 0.6 is 11.8 Å². The highest BCUT2D eigenvalue weighted by Gasteiger charge is 2.34. The number of aromatic hydroxyl groups is 1. The smallest absolute Gasteiger partial charge is 0.317 e. The summed E-state index contributed by atoms with van der Waals surface area (Å²) in [6.45, 7) is 5.15. The molecule has 16 N–H and O–H groups in total. The molecule has 5 rings (SSSR count). The third-order valence-corrected chi connectivity index (χ3v) is 18.1. The Morgan fingerprint density at radius 1 is 0.451 bits per heavy atom. The highest BCUT2D eigenvalue weighted by Crippen LogP contribution is 2.20. The molecule has 0 bridgehead atoms. The Morgan fingerprint density at radius 3 is 1.42 bits per heavy atom. The number of primary amides is 1. The van der Waals surface area contributed by atoms with E-state index in [4.69, 9.17) is 34.2 Å². The van der Waals surface area contributed by atoms with Crippen LogP contribution in [0, 0.1) is 0 Å². The second kappa shape index (κ2) is 53.1. The van der Waals surface area contributed by atoms with Crippen LogP contribution in [0.15, 0.2) is 85.1 Å². The van der Waals surface area contributed by atoms with Gasteiger partial charge in [-0.05, 0) is 60.2 Å². The number of aromatic nitrogens is 1. The number of carbonyl (C=O) groups excluding carboxylic acids is 9. The van der Waals surface area contributed by atoms with Gasteiger partial charge in [0.25, 0.3) is 0 Å². The third-order valence-electron chi connectivity index (χ3n) is 17.4. The fourth-order valence-electron chi connectivity index (χ4n) is 11.5. The van der Waals surface area contributed by atoms with Crippen LogP contribution in [0.5, 0.6) is 5.75 Å². The molecule has 1 aliphatic heterocycles. The average molecular weight is 1610 g/mol. The lowest BCUT2D eigenvalue weighted by atomic mass is 10.0. The molecule has 1 fully saturated rings. The number of H-pyrrole nitrogens is 1. The number of amides is 9. The number of rotatable bonds is 54. The van der Waals surface area contributed by atoms with Crippen molar-refractivity contribution >= 4 is 99.7 Å². The molecule has 0 aliphatic carbocycles. The number of aromatic amines is 1. The van der Waals surface area contributed by atoms with E-state index < -0.39 is 120 Å². The van der Waals surface area contributed by atoms with Gasteiger partial charge in [-0.1, -0.05) is 60.7 Å². The lowest BCUT2D eigenvalue weighted by Gasteiger charge is -2.32. The van der Waals surface area contributed by atoms with E-state index >= 15 is 0 Å². The number of para-hydroxylation sites is 1. The van der Waals surface area contributed by atoms with Gasteiger partial charge >= 0.3 is 23.9 Å². The maximum Gasteiger partial charge on any atom is 0.317 e. The van der Waals surface area contributed by atoms with Crippen molar-refractivity contribution in [3.05, 3.63) is 102 Å². The summed E-state index contributed by atoms with van der Waals surface area (Å²) >= 11 is 1.32. The van der Waals surface area contributed by atoms with Crippen molar-refractivity contribution in [2.45, 2.75) is 81.7 Å². The Hall–Kier alpha value is -9.94. The molecule has 113 heavy (non-hydrogen) atoms. The second-order valence-electron chi connectivity index (χ2n) is 26.3. The first-order valence-electron chi connectivity index (χ1n) is 37.0. The molecule has 38 nitrogen and oxygen atoms in total. The van der Waals surface area contributed by atoms with Crippen LogP contribution in [-0.2, 0) is 110 Å². The molecule has 0 unspecified atom stereocenters. The summed E-state index contributed by atoms with van der Waals surface area (Å²) in [5.41, 5.74) is 8.03. The van der Waals surface area contributed by atoms with E-state index in [1.807, 2.05) is 4.90 Å². The minimum absolute atomic E-state index is 0.0170. The van der Waals surface area contributed by atoms with Gasteiger partial charge in [-0.15, -0.1) is 0 Å². The van der Waals surface area contributed by atoms with E-state index in [1.165, 1.54) is 43.0 Å². The Morgan fingerprint density at radius 2 is 0.894 bits per heavy atom. The van der Waals surface area contributed by atoms with Crippen molar-refractivity contribution in [3.63, 3.8) is 0 Å². The average Bonchev–Trinajstić information content (AvgIpc) is 1.70. The number of carboxylic acid groups (broad SMARTS) is 4. The number of nitrogens with zero attached hydrogens (tertiary/aromatic N) is 4. The Labute approximate surface area is 658 Å². The van der Waals surface area contributed by atoms with Gasteiger partial charge < -0.3 is 107 Å². The second-order valence-corrected chi connectivity index (χ2v) is 27.3. The van der Waals surface area contributed by atoms with Crippen molar-refractivity contribution in [1.82, 2.24) is 67.1 Å². The van der Waals surface area contributed by atoms with Gasteiger partial charge in [-0.2, -0.15) is 11.8 Å². The molecule has 0 saturated carbocycles. The van der Waals surface area contributed by atoms with Crippen molar-refractivity contribution in [1.29, 1.82) is 0 Å². The van der Waals surface area contributed by atoms with Crippen LogP contribution in [-0.4, -0.2) is 346 Å².